The third kappa shape index (κ3) is 4.78. The van der Waals surface area contributed by atoms with Crippen molar-refractivity contribution in [1.29, 1.82) is 0 Å². The van der Waals surface area contributed by atoms with Crippen LogP contribution in [-0.4, -0.2) is 49.8 Å². The van der Waals surface area contributed by atoms with Crippen LogP contribution in [0.4, 0.5) is 4.79 Å². The van der Waals surface area contributed by atoms with Gasteiger partial charge in [-0.15, -0.1) is 0 Å². The first-order chi connectivity index (χ1) is 15.1. The Morgan fingerprint density at radius 3 is 1.65 bits per heavy atom. The molecule has 0 atom stereocenters. The van der Waals surface area contributed by atoms with Crippen LogP contribution in [0.2, 0.25) is 0 Å². The van der Waals surface area contributed by atoms with Crippen molar-refractivity contribution in [2.24, 2.45) is 0 Å². The molecule has 1 heterocycles. The SMILES string of the molecule is O=C(NC(c1ccccc1)c1ccccc1)N1CCN(S(=O)(=O)c2ccccc2)CC1. The highest BCUT2D eigenvalue weighted by atomic mass is 32.2. The van der Waals surface area contributed by atoms with Crippen LogP contribution in [0.15, 0.2) is 95.9 Å². The summed E-state index contributed by atoms with van der Waals surface area (Å²) in [6.07, 6.45) is 0. The molecule has 0 bridgehead atoms. The maximum absolute atomic E-state index is 13.0. The van der Waals surface area contributed by atoms with Gasteiger partial charge in [-0.2, -0.15) is 4.31 Å². The number of hydrogen-bond donors (Lipinski definition) is 1. The van der Waals surface area contributed by atoms with Crippen LogP contribution in [0.3, 0.4) is 0 Å². The van der Waals surface area contributed by atoms with Gasteiger partial charge in [0.15, 0.2) is 0 Å². The molecule has 0 aliphatic carbocycles. The zero-order valence-electron chi connectivity index (χ0n) is 17.1. The van der Waals surface area contributed by atoms with Gasteiger partial charge in [0.05, 0.1) is 10.9 Å². The third-order valence-corrected chi connectivity index (χ3v) is 7.35. The van der Waals surface area contributed by atoms with E-state index in [1.54, 1.807) is 35.2 Å². The van der Waals surface area contributed by atoms with Gasteiger partial charge in [-0.05, 0) is 23.3 Å². The molecule has 0 spiro atoms. The molecule has 1 N–H and O–H groups in total. The fraction of sp³-hybridized carbons (Fsp3) is 0.208. The molecule has 3 aromatic carbocycles. The van der Waals surface area contributed by atoms with Crippen LogP contribution < -0.4 is 5.32 Å². The second-order valence-corrected chi connectivity index (χ2v) is 9.35. The smallest absolute Gasteiger partial charge is 0.318 e. The molecule has 6 nitrogen and oxygen atoms in total. The van der Waals surface area contributed by atoms with Crippen molar-refractivity contribution in [3.8, 4) is 0 Å². The van der Waals surface area contributed by atoms with Gasteiger partial charge < -0.3 is 10.2 Å². The normalized spacial score (nSPS) is 15.1. The number of benzene rings is 3. The van der Waals surface area contributed by atoms with E-state index < -0.39 is 10.0 Å². The van der Waals surface area contributed by atoms with Crippen LogP contribution in [0.25, 0.3) is 0 Å². The van der Waals surface area contributed by atoms with Crippen molar-refractivity contribution in [3.63, 3.8) is 0 Å². The van der Waals surface area contributed by atoms with E-state index in [2.05, 4.69) is 5.32 Å². The predicted octanol–water partition coefficient (Wildman–Crippen LogP) is 3.49. The summed E-state index contributed by atoms with van der Waals surface area (Å²) >= 11 is 0. The standard InChI is InChI=1S/C24H25N3O3S/c28-24(25-23(20-10-4-1-5-11-20)21-12-6-2-7-13-21)26-16-18-27(19-17-26)31(29,30)22-14-8-3-9-15-22/h1-15,23H,16-19H2,(H,25,28). The molecule has 7 heteroatoms. The highest BCUT2D eigenvalue weighted by molar-refractivity contribution is 7.89. The predicted molar refractivity (Wildman–Crippen MR) is 120 cm³/mol. The van der Waals surface area contributed by atoms with Crippen molar-refractivity contribution < 1.29 is 13.2 Å². The Bertz CT molecular complexity index is 1060. The van der Waals surface area contributed by atoms with E-state index in [-0.39, 0.29) is 30.1 Å². The zero-order chi connectivity index (χ0) is 21.7. The minimum atomic E-state index is -3.55. The van der Waals surface area contributed by atoms with Crippen molar-refractivity contribution in [3.05, 3.63) is 102 Å². The largest absolute Gasteiger partial charge is 0.327 e. The molecule has 1 saturated heterocycles. The van der Waals surface area contributed by atoms with Crippen molar-refractivity contribution in [2.45, 2.75) is 10.9 Å². The second-order valence-electron chi connectivity index (χ2n) is 7.41. The summed E-state index contributed by atoms with van der Waals surface area (Å²) in [6, 6.07) is 27.6. The highest BCUT2D eigenvalue weighted by Gasteiger charge is 2.30. The number of amides is 2. The first-order valence-electron chi connectivity index (χ1n) is 10.3. The number of urea groups is 1. The first kappa shape index (κ1) is 21.1. The summed E-state index contributed by atoms with van der Waals surface area (Å²) in [5.74, 6) is 0. The number of piperazine rings is 1. The Balaban J connectivity index is 1.44. The summed E-state index contributed by atoms with van der Waals surface area (Å²) < 4.78 is 27.1. The van der Waals surface area contributed by atoms with E-state index in [0.717, 1.165) is 11.1 Å². The molecule has 160 valence electrons. The average molecular weight is 436 g/mol. The molecule has 1 aliphatic rings. The second kappa shape index (κ2) is 9.32. The van der Waals surface area contributed by atoms with Gasteiger partial charge in [0.2, 0.25) is 10.0 Å². The monoisotopic (exact) mass is 435 g/mol. The van der Waals surface area contributed by atoms with Crippen LogP contribution in [0, 0.1) is 0 Å². The van der Waals surface area contributed by atoms with Gasteiger partial charge in [-0.1, -0.05) is 78.9 Å². The van der Waals surface area contributed by atoms with Crippen molar-refractivity contribution >= 4 is 16.1 Å². The number of hydrogen-bond acceptors (Lipinski definition) is 3. The number of rotatable bonds is 5. The zero-order valence-corrected chi connectivity index (χ0v) is 17.9. The third-order valence-electron chi connectivity index (χ3n) is 5.44. The Hall–Kier alpha value is -3.16. The molecular weight excluding hydrogens is 410 g/mol. The Kier molecular flexibility index (Phi) is 6.34. The first-order valence-corrected chi connectivity index (χ1v) is 11.7. The van der Waals surface area contributed by atoms with E-state index in [0.29, 0.717) is 13.1 Å². The van der Waals surface area contributed by atoms with Crippen LogP contribution in [-0.2, 0) is 10.0 Å². The van der Waals surface area contributed by atoms with Crippen molar-refractivity contribution in [2.75, 3.05) is 26.2 Å². The molecule has 0 unspecified atom stereocenters. The summed E-state index contributed by atoms with van der Waals surface area (Å²) in [6.45, 7) is 1.22. The molecular formula is C24H25N3O3S. The fourth-order valence-electron chi connectivity index (χ4n) is 3.74. The fourth-order valence-corrected chi connectivity index (χ4v) is 5.18. The molecule has 0 saturated carbocycles. The summed E-state index contributed by atoms with van der Waals surface area (Å²) in [4.78, 5) is 15.0. The lowest BCUT2D eigenvalue weighted by Gasteiger charge is -2.35. The minimum Gasteiger partial charge on any atom is -0.327 e. The van der Waals surface area contributed by atoms with Gasteiger partial charge in [0.1, 0.15) is 0 Å². The lowest BCUT2D eigenvalue weighted by atomic mass is 9.99. The van der Waals surface area contributed by atoms with Gasteiger partial charge in [-0.25, -0.2) is 13.2 Å². The van der Waals surface area contributed by atoms with Crippen LogP contribution in [0.5, 0.6) is 0 Å². The number of nitrogens with one attached hydrogen (secondary N) is 1. The summed E-state index contributed by atoms with van der Waals surface area (Å²) in [5.41, 5.74) is 1.99. The number of nitrogens with zero attached hydrogens (tertiary/aromatic N) is 2. The van der Waals surface area contributed by atoms with E-state index in [1.807, 2.05) is 60.7 Å². The highest BCUT2D eigenvalue weighted by Crippen LogP contribution is 2.23. The van der Waals surface area contributed by atoms with E-state index in [9.17, 15) is 13.2 Å². The Morgan fingerprint density at radius 1 is 0.710 bits per heavy atom. The van der Waals surface area contributed by atoms with Crippen LogP contribution >= 0.6 is 0 Å². The summed E-state index contributed by atoms with van der Waals surface area (Å²) in [5, 5.41) is 3.12. The summed E-state index contributed by atoms with van der Waals surface area (Å²) in [7, 11) is -3.55. The van der Waals surface area contributed by atoms with Crippen LogP contribution in [0.1, 0.15) is 17.2 Å². The van der Waals surface area contributed by atoms with Gasteiger partial charge >= 0.3 is 6.03 Å². The molecule has 3 aromatic rings. The van der Waals surface area contributed by atoms with Gasteiger partial charge in [0.25, 0.3) is 0 Å². The molecule has 1 aliphatic heterocycles. The molecule has 2 amide bonds. The van der Waals surface area contributed by atoms with E-state index in [4.69, 9.17) is 0 Å². The van der Waals surface area contributed by atoms with Gasteiger partial charge in [0, 0.05) is 26.2 Å². The number of carbonyl (C=O) groups excluding carboxylic acids is 1. The van der Waals surface area contributed by atoms with Crippen molar-refractivity contribution in [1.82, 2.24) is 14.5 Å². The van der Waals surface area contributed by atoms with E-state index in [1.165, 1.54) is 4.31 Å². The molecule has 0 aromatic heterocycles. The average Bonchev–Trinajstić information content (AvgIpc) is 2.84. The van der Waals surface area contributed by atoms with E-state index >= 15 is 0 Å². The topological polar surface area (TPSA) is 69.7 Å². The lowest BCUT2D eigenvalue weighted by Crippen LogP contribution is -2.53. The van der Waals surface area contributed by atoms with Gasteiger partial charge in [-0.3, -0.25) is 0 Å². The Morgan fingerprint density at radius 2 is 1.16 bits per heavy atom. The quantitative estimate of drug-likeness (QED) is 0.667. The number of sulfonamides is 1. The molecule has 1 fully saturated rings. The minimum absolute atomic E-state index is 0.200. The number of carbonyl (C=O) groups is 1. The lowest BCUT2D eigenvalue weighted by molar-refractivity contribution is 0.170. The Labute approximate surface area is 183 Å². The molecule has 4 rings (SSSR count). The maximum atomic E-state index is 13.0. The maximum Gasteiger partial charge on any atom is 0.318 e. The molecule has 0 radical (unpaired) electrons. The molecule has 31 heavy (non-hydrogen) atoms.